The van der Waals surface area contributed by atoms with E-state index in [0.29, 0.717) is 17.0 Å². The Bertz CT molecular complexity index is 1890. The quantitative estimate of drug-likeness (QED) is 0.125. The lowest BCUT2D eigenvalue weighted by atomic mass is 9.77. The molecule has 4 atom stereocenters. The minimum absolute atomic E-state index is 0.0828. The van der Waals surface area contributed by atoms with Crippen LogP contribution in [0.25, 0.3) is 11.2 Å². The minimum atomic E-state index is -1.44. The average molecular weight is 652 g/mol. The van der Waals surface area contributed by atoms with Gasteiger partial charge in [-0.15, -0.1) is 18.0 Å². The molecular weight excluding hydrogens is 618 g/mol. The van der Waals surface area contributed by atoms with E-state index in [1.54, 1.807) is 31.9 Å². The number of aliphatic hydroxyl groups excluding tert-OH is 1. The predicted octanol–water partition coefficient (Wildman–Crippen LogP) is 5.26. The van der Waals surface area contributed by atoms with Crippen LogP contribution >= 0.6 is 11.6 Å². The topological polar surface area (TPSA) is 113 Å². The highest BCUT2D eigenvalue weighted by molar-refractivity contribution is 6.18. The van der Waals surface area contributed by atoms with Crippen molar-refractivity contribution >= 4 is 28.6 Å². The lowest BCUT2D eigenvalue weighted by Crippen LogP contribution is -2.51. The molecule has 0 amide bonds. The molecule has 2 fully saturated rings. The second kappa shape index (κ2) is 11.6. The van der Waals surface area contributed by atoms with Crippen molar-refractivity contribution in [3.63, 3.8) is 0 Å². The van der Waals surface area contributed by atoms with Crippen molar-refractivity contribution in [2.45, 2.75) is 48.7 Å². The Balaban J connectivity index is 1.41. The van der Waals surface area contributed by atoms with Crippen LogP contribution in [0.3, 0.4) is 0 Å². The molecule has 0 unspecified atom stereocenters. The summed E-state index contributed by atoms with van der Waals surface area (Å²) >= 11 is 6.42. The first-order valence-corrected chi connectivity index (χ1v) is 15.7. The molecule has 7 rings (SSSR count). The van der Waals surface area contributed by atoms with Gasteiger partial charge >= 0.3 is 0 Å². The molecule has 2 aromatic heterocycles. The maximum Gasteiger partial charge on any atom is 0.205 e. The number of halogens is 1. The molecule has 2 N–H and O–H groups in total. The van der Waals surface area contributed by atoms with E-state index in [4.69, 9.17) is 46.9 Å². The Hall–Kier alpha value is -4.50. The fourth-order valence-electron chi connectivity index (χ4n) is 6.84. The number of benzene rings is 3. The van der Waals surface area contributed by atoms with Gasteiger partial charge in [0.1, 0.15) is 29.3 Å². The number of nitrogens with one attached hydrogen (secondary N) is 1. The minimum Gasteiger partial charge on any atom is -0.497 e. The number of hydrogen-bond acceptors (Lipinski definition) is 9. The first-order chi connectivity index (χ1) is 22.8. The molecule has 0 bridgehead atoms. The van der Waals surface area contributed by atoms with Crippen LogP contribution in [-0.4, -0.2) is 67.3 Å². The van der Waals surface area contributed by atoms with E-state index in [1.807, 2.05) is 60.7 Å². The number of hydrogen-bond donors (Lipinski definition) is 2. The highest BCUT2D eigenvalue weighted by atomic mass is 35.5. The Labute approximate surface area is 277 Å². The number of terminal acetylenes is 1. The summed E-state index contributed by atoms with van der Waals surface area (Å²) in [5.74, 6) is 2.85. The molecule has 3 aromatic carbocycles. The lowest BCUT2D eigenvalue weighted by Gasteiger charge is -2.37. The summed E-state index contributed by atoms with van der Waals surface area (Å²) in [4.78, 5) is 14.1. The summed E-state index contributed by atoms with van der Waals surface area (Å²) in [7, 11) is 1.64. The number of alkyl halides is 1. The summed E-state index contributed by atoms with van der Waals surface area (Å²) in [5.41, 5.74) is 0.122. The molecule has 4 heterocycles. The van der Waals surface area contributed by atoms with Crippen molar-refractivity contribution in [2.75, 3.05) is 24.9 Å². The number of fused-ring (bicyclic) bond motifs is 2. The summed E-state index contributed by atoms with van der Waals surface area (Å²) < 4.78 is 26.3. The standard InChI is InChI=1S/C36H34ClN5O5/c1-5-35-31(45-33(2,3)47-35)34(20-37,21-43)46-32(35)42-23-40-28-29(38-22-39-30(28)42)41-36(24-12-8-6-9-13-24,25-14-10-7-11-15-25)26-16-18-27(44-4)19-17-26/h1,6-19,22-23,31-32,43H,20-21H2,2-4H3,(H,38,39,41)/t31-,32-,34-,35-/m1/s1. The maximum absolute atomic E-state index is 10.5. The molecule has 240 valence electrons. The number of rotatable bonds is 9. The number of aliphatic hydroxyl groups is 1. The molecule has 5 aromatic rings. The third kappa shape index (κ3) is 4.77. The van der Waals surface area contributed by atoms with Gasteiger partial charge in [-0.05, 0) is 42.7 Å². The van der Waals surface area contributed by atoms with Gasteiger partial charge in [-0.25, -0.2) is 15.0 Å². The molecule has 0 spiro atoms. The monoisotopic (exact) mass is 651 g/mol. The van der Waals surface area contributed by atoms with Gasteiger partial charge in [0.15, 0.2) is 29.0 Å². The number of anilines is 1. The molecule has 47 heavy (non-hydrogen) atoms. The van der Waals surface area contributed by atoms with Crippen molar-refractivity contribution in [3.05, 3.63) is 114 Å². The van der Waals surface area contributed by atoms with Crippen LogP contribution in [0.4, 0.5) is 5.82 Å². The summed E-state index contributed by atoms with van der Waals surface area (Å²) in [6.45, 7) is 3.09. The van der Waals surface area contributed by atoms with E-state index in [0.717, 1.165) is 22.4 Å². The highest BCUT2D eigenvalue weighted by Crippen LogP contribution is 2.55. The van der Waals surface area contributed by atoms with Crippen molar-refractivity contribution < 1.29 is 24.1 Å². The smallest absolute Gasteiger partial charge is 0.205 e. The molecule has 2 aliphatic heterocycles. The first kappa shape index (κ1) is 31.1. The second-order valence-corrected chi connectivity index (χ2v) is 12.4. The predicted molar refractivity (Wildman–Crippen MR) is 177 cm³/mol. The van der Waals surface area contributed by atoms with E-state index < -0.39 is 41.5 Å². The van der Waals surface area contributed by atoms with Gasteiger partial charge in [0, 0.05) is 0 Å². The average Bonchev–Trinajstić information content (AvgIpc) is 3.75. The number of ether oxygens (including phenoxy) is 4. The van der Waals surface area contributed by atoms with E-state index >= 15 is 0 Å². The Morgan fingerprint density at radius 2 is 1.60 bits per heavy atom. The number of imidazole rings is 1. The van der Waals surface area contributed by atoms with Crippen molar-refractivity contribution in [2.24, 2.45) is 0 Å². The van der Waals surface area contributed by atoms with Crippen LogP contribution in [0.15, 0.2) is 97.6 Å². The van der Waals surface area contributed by atoms with Crippen molar-refractivity contribution in [1.29, 1.82) is 0 Å². The van der Waals surface area contributed by atoms with Crippen LogP contribution in [0, 0.1) is 12.3 Å². The largest absolute Gasteiger partial charge is 0.497 e. The van der Waals surface area contributed by atoms with Crippen LogP contribution in [-0.2, 0) is 19.7 Å². The molecule has 0 aliphatic carbocycles. The third-order valence-corrected chi connectivity index (χ3v) is 9.42. The summed E-state index contributed by atoms with van der Waals surface area (Å²) in [6.07, 6.45) is 7.39. The van der Waals surface area contributed by atoms with E-state index in [-0.39, 0.29) is 5.88 Å². The third-order valence-electron chi connectivity index (χ3n) is 8.97. The van der Waals surface area contributed by atoms with Gasteiger partial charge in [0.25, 0.3) is 0 Å². The van der Waals surface area contributed by atoms with Gasteiger partial charge in [0.2, 0.25) is 5.60 Å². The molecule has 11 heteroatoms. The zero-order valence-corrected chi connectivity index (χ0v) is 26.9. The lowest BCUT2D eigenvalue weighted by molar-refractivity contribution is -0.229. The first-order valence-electron chi connectivity index (χ1n) is 15.2. The van der Waals surface area contributed by atoms with Crippen LogP contribution in [0.5, 0.6) is 5.75 Å². The molecular formula is C36H34ClN5O5. The number of aromatic nitrogens is 4. The Morgan fingerprint density at radius 1 is 0.957 bits per heavy atom. The van der Waals surface area contributed by atoms with Crippen LogP contribution in [0.1, 0.15) is 36.8 Å². The van der Waals surface area contributed by atoms with Gasteiger partial charge in [-0.2, -0.15) is 0 Å². The fraction of sp³-hybridized carbons (Fsp3) is 0.306. The molecule has 0 radical (unpaired) electrons. The van der Waals surface area contributed by atoms with Gasteiger partial charge in [-0.3, -0.25) is 4.57 Å². The molecule has 10 nitrogen and oxygen atoms in total. The number of nitrogens with zero attached hydrogens (tertiary/aromatic N) is 4. The Kier molecular flexibility index (Phi) is 7.70. The van der Waals surface area contributed by atoms with Gasteiger partial charge in [-0.1, -0.05) is 78.7 Å². The van der Waals surface area contributed by atoms with E-state index in [1.165, 1.54) is 6.33 Å². The van der Waals surface area contributed by atoms with E-state index in [9.17, 15) is 5.11 Å². The summed E-state index contributed by atoms with van der Waals surface area (Å²) in [6, 6.07) is 28.2. The molecule has 0 saturated carbocycles. The fourth-order valence-corrected chi connectivity index (χ4v) is 7.12. The van der Waals surface area contributed by atoms with Gasteiger partial charge in [0.05, 0.1) is 25.9 Å². The Morgan fingerprint density at radius 3 is 2.17 bits per heavy atom. The van der Waals surface area contributed by atoms with Gasteiger partial charge < -0.3 is 29.4 Å². The second-order valence-electron chi connectivity index (χ2n) is 12.1. The van der Waals surface area contributed by atoms with Crippen LogP contribution in [0.2, 0.25) is 0 Å². The molecule has 2 aliphatic rings. The van der Waals surface area contributed by atoms with Crippen molar-refractivity contribution in [3.8, 4) is 18.1 Å². The summed E-state index contributed by atoms with van der Waals surface area (Å²) in [5, 5.41) is 14.3. The SMILES string of the molecule is C#C[C@@]12OC(C)(C)O[C@@H]1[C@](CO)(CCl)O[C@H]2n1cnc2c(NC(c3ccccc3)(c3ccccc3)c3ccc(OC)cc3)ncnc21. The maximum atomic E-state index is 10.5. The molecule has 2 saturated heterocycles. The van der Waals surface area contributed by atoms with Crippen LogP contribution < -0.4 is 10.1 Å². The normalized spacial score (nSPS) is 24.9. The number of methoxy groups -OCH3 is 1. The highest BCUT2D eigenvalue weighted by Gasteiger charge is 2.72. The van der Waals surface area contributed by atoms with E-state index in [2.05, 4.69) is 40.5 Å². The van der Waals surface area contributed by atoms with Crippen molar-refractivity contribution in [1.82, 2.24) is 19.5 Å². The zero-order chi connectivity index (χ0) is 32.9. The zero-order valence-electron chi connectivity index (χ0n) is 26.1.